The molecule has 0 bridgehead atoms. The molecule has 0 aliphatic carbocycles. The van der Waals surface area contributed by atoms with Crippen LogP contribution < -0.4 is 5.32 Å². The maximum atomic E-state index is 12.3. The van der Waals surface area contributed by atoms with Crippen LogP contribution in [0.25, 0.3) is 11.3 Å². The molecule has 2 aromatic heterocycles. The number of aryl methyl sites for hydroxylation is 2. The minimum absolute atomic E-state index is 0.0764. The second-order valence-electron chi connectivity index (χ2n) is 6.66. The largest absolute Gasteiger partial charge is 0.396 e. The number of rotatable bonds is 7. The third-order valence-electron chi connectivity index (χ3n) is 3.90. The Balaban J connectivity index is 1.94. The Bertz CT molecular complexity index is 673. The summed E-state index contributed by atoms with van der Waals surface area (Å²) in [5, 5.41) is 15.2. The number of nitrogens with one attached hydrogen (secondary N) is 1. The molecule has 6 heteroatoms. The smallest absolute Gasteiger partial charge is 0.267 e. The van der Waals surface area contributed by atoms with Crippen LogP contribution in [0.1, 0.15) is 42.2 Å². The normalized spacial score (nSPS) is 11.7. The molecule has 0 aliphatic rings. The number of aliphatic hydroxyl groups is 1. The summed E-state index contributed by atoms with van der Waals surface area (Å²) in [6.45, 7) is 6.79. The Morgan fingerprint density at radius 2 is 2.22 bits per heavy atom. The fourth-order valence-electron chi connectivity index (χ4n) is 2.36. The van der Waals surface area contributed by atoms with Crippen LogP contribution in [0.5, 0.6) is 0 Å². The van der Waals surface area contributed by atoms with Crippen LogP contribution in [-0.2, 0) is 7.05 Å². The zero-order valence-electron chi connectivity index (χ0n) is 14.2. The SMILES string of the molecule is Cc1nc(-c2cc(C(=O)NCCCC(C)(C)CO)n(C)c2)cs1. The van der Waals surface area contributed by atoms with Gasteiger partial charge in [-0.25, -0.2) is 4.98 Å². The molecule has 126 valence electrons. The second kappa shape index (κ2) is 7.27. The number of nitrogens with zero attached hydrogens (tertiary/aromatic N) is 2. The average molecular weight is 335 g/mol. The number of carbonyl (C=O) groups excluding carboxylic acids is 1. The zero-order valence-corrected chi connectivity index (χ0v) is 15.0. The van der Waals surface area contributed by atoms with Gasteiger partial charge in [0, 0.05) is 37.3 Å². The Labute approximate surface area is 141 Å². The van der Waals surface area contributed by atoms with Crippen molar-refractivity contribution >= 4 is 17.2 Å². The topological polar surface area (TPSA) is 67.2 Å². The number of aliphatic hydroxyl groups excluding tert-OH is 1. The molecule has 0 aliphatic heterocycles. The van der Waals surface area contributed by atoms with Gasteiger partial charge in [-0.05, 0) is 31.2 Å². The summed E-state index contributed by atoms with van der Waals surface area (Å²) in [6.07, 6.45) is 3.65. The molecule has 23 heavy (non-hydrogen) atoms. The van der Waals surface area contributed by atoms with Gasteiger partial charge in [-0.3, -0.25) is 4.79 Å². The molecule has 0 saturated carbocycles. The highest BCUT2D eigenvalue weighted by atomic mass is 32.1. The molecule has 2 aromatic rings. The Kier molecular flexibility index (Phi) is 5.59. The molecule has 5 nitrogen and oxygen atoms in total. The average Bonchev–Trinajstić information content (AvgIpc) is 3.09. The first kappa shape index (κ1) is 17.7. The minimum atomic E-state index is -0.0919. The third-order valence-corrected chi connectivity index (χ3v) is 4.67. The molecule has 0 radical (unpaired) electrons. The van der Waals surface area contributed by atoms with E-state index in [4.69, 9.17) is 0 Å². The summed E-state index contributed by atoms with van der Waals surface area (Å²) < 4.78 is 1.83. The van der Waals surface area contributed by atoms with Gasteiger partial charge in [-0.15, -0.1) is 11.3 Å². The van der Waals surface area contributed by atoms with E-state index in [1.165, 1.54) is 0 Å². The summed E-state index contributed by atoms with van der Waals surface area (Å²) in [7, 11) is 1.87. The first-order chi connectivity index (χ1) is 10.8. The summed E-state index contributed by atoms with van der Waals surface area (Å²) in [5.41, 5.74) is 2.41. The van der Waals surface area contributed by atoms with Crippen LogP contribution in [0.15, 0.2) is 17.6 Å². The highest BCUT2D eigenvalue weighted by Gasteiger charge is 2.17. The number of amides is 1. The van der Waals surface area contributed by atoms with Crippen LogP contribution in [0.4, 0.5) is 0 Å². The van der Waals surface area contributed by atoms with Gasteiger partial charge in [0.05, 0.1) is 10.7 Å². The van der Waals surface area contributed by atoms with Gasteiger partial charge in [0.1, 0.15) is 5.69 Å². The van der Waals surface area contributed by atoms with Gasteiger partial charge >= 0.3 is 0 Å². The Morgan fingerprint density at radius 1 is 1.48 bits per heavy atom. The number of carbonyl (C=O) groups is 1. The molecule has 1 amide bonds. The summed E-state index contributed by atoms with van der Waals surface area (Å²) >= 11 is 1.60. The van der Waals surface area contributed by atoms with Crippen molar-refractivity contribution in [2.45, 2.75) is 33.6 Å². The number of thiazole rings is 1. The monoisotopic (exact) mass is 335 g/mol. The highest BCUT2D eigenvalue weighted by Crippen LogP contribution is 2.24. The molecule has 2 rings (SSSR count). The fraction of sp³-hybridized carbons (Fsp3) is 0.529. The number of hydrogen-bond acceptors (Lipinski definition) is 4. The predicted molar refractivity (Wildman–Crippen MR) is 93.7 cm³/mol. The van der Waals surface area contributed by atoms with E-state index in [1.54, 1.807) is 11.3 Å². The van der Waals surface area contributed by atoms with E-state index in [2.05, 4.69) is 10.3 Å². The second-order valence-corrected chi connectivity index (χ2v) is 7.72. The van der Waals surface area contributed by atoms with Gasteiger partial charge in [0.25, 0.3) is 5.91 Å². The minimum Gasteiger partial charge on any atom is -0.396 e. The number of hydrogen-bond donors (Lipinski definition) is 2. The van der Waals surface area contributed by atoms with Crippen molar-refractivity contribution in [2.24, 2.45) is 12.5 Å². The molecular weight excluding hydrogens is 310 g/mol. The lowest BCUT2D eigenvalue weighted by Gasteiger charge is -2.21. The van der Waals surface area contributed by atoms with Crippen molar-refractivity contribution in [3.63, 3.8) is 0 Å². The van der Waals surface area contributed by atoms with E-state index in [1.807, 2.05) is 50.0 Å². The van der Waals surface area contributed by atoms with Crippen LogP contribution in [0.2, 0.25) is 0 Å². The molecule has 2 N–H and O–H groups in total. The third kappa shape index (κ3) is 4.65. The van der Waals surface area contributed by atoms with E-state index in [-0.39, 0.29) is 17.9 Å². The molecule has 0 unspecified atom stereocenters. The molecule has 0 fully saturated rings. The molecule has 0 spiro atoms. The first-order valence-electron chi connectivity index (χ1n) is 7.80. The van der Waals surface area contributed by atoms with E-state index in [0.29, 0.717) is 12.2 Å². The lowest BCUT2D eigenvalue weighted by atomic mass is 9.89. The lowest BCUT2D eigenvalue weighted by Crippen LogP contribution is -2.27. The molecule has 0 aromatic carbocycles. The van der Waals surface area contributed by atoms with Crippen LogP contribution in [0, 0.1) is 12.3 Å². The predicted octanol–water partition coefficient (Wildman–Crippen LogP) is 2.99. The lowest BCUT2D eigenvalue weighted by molar-refractivity contribution is 0.0940. The van der Waals surface area contributed by atoms with Crippen molar-refractivity contribution in [2.75, 3.05) is 13.2 Å². The fourth-order valence-corrected chi connectivity index (χ4v) is 2.99. The van der Waals surface area contributed by atoms with Crippen LogP contribution >= 0.6 is 11.3 Å². The van der Waals surface area contributed by atoms with Gasteiger partial charge < -0.3 is 15.0 Å². The summed E-state index contributed by atoms with van der Waals surface area (Å²) in [6, 6.07) is 1.88. The van der Waals surface area contributed by atoms with E-state index in [9.17, 15) is 9.90 Å². The van der Waals surface area contributed by atoms with E-state index in [0.717, 1.165) is 29.1 Å². The first-order valence-corrected chi connectivity index (χ1v) is 8.68. The standard InChI is InChI=1S/C17H25N3O2S/c1-12-19-14(10-23-12)13-8-15(20(4)9-13)16(22)18-7-5-6-17(2,3)11-21/h8-10,21H,5-7,11H2,1-4H3,(H,18,22). The molecule has 2 heterocycles. The quantitative estimate of drug-likeness (QED) is 0.765. The Hall–Kier alpha value is -1.66. The summed E-state index contributed by atoms with van der Waals surface area (Å²) in [5.74, 6) is -0.0764. The van der Waals surface area contributed by atoms with Crippen molar-refractivity contribution in [1.29, 1.82) is 0 Å². The molecular formula is C17H25N3O2S. The van der Waals surface area contributed by atoms with E-state index >= 15 is 0 Å². The summed E-state index contributed by atoms with van der Waals surface area (Å²) in [4.78, 5) is 16.8. The van der Waals surface area contributed by atoms with Crippen molar-refractivity contribution < 1.29 is 9.90 Å². The maximum absolute atomic E-state index is 12.3. The molecule has 0 saturated heterocycles. The van der Waals surface area contributed by atoms with Gasteiger partial charge in [-0.1, -0.05) is 13.8 Å². The Morgan fingerprint density at radius 3 is 2.83 bits per heavy atom. The zero-order chi connectivity index (χ0) is 17.0. The van der Waals surface area contributed by atoms with Gasteiger partial charge in [0.2, 0.25) is 0 Å². The van der Waals surface area contributed by atoms with Gasteiger partial charge in [0.15, 0.2) is 0 Å². The number of aromatic nitrogens is 2. The molecule has 0 atom stereocenters. The highest BCUT2D eigenvalue weighted by molar-refractivity contribution is 7.09. The maximum Gasteiger partial charge on any atom is 0.267 e. The van der Waals surface area contributed by atoms with Crippen molar-refractivity contribution in [3.8, 4) is 11.3 Å². The van der Waals surface area contributed by atoms with Gasteiger partial charge in [-0.2, -0.15) is 0 Å². The van der Waals surface area contributed by atoms with E-state index < -0.39 is 0 Å². The van der Waals surface area contributed by atoms with Crippen LogP contribution in [0.3, 0.4) is 0 Å². The van der Waals surface area contributed by atoms with Crippen LogP contribution in [-0.4, -0.2) is 33.7 Å². The van der Waals surface area contributed by atoms with Crippen molar-refractivity contribution in [3.05, 3.63) is 28.3 Å². The van der Waals surface area contributed by atoms with Crippen molar-refractivity contribution in [1.82, 2.24) is 14.9 Å².